The molecule has 72 valence electrons. The Balaban J connectivity index is 4.86. The fourth-order valence-electron chi connectivity index (χ4n) is 0.675. The number of aldehydes is 1. The molecule has 0 rings (SSSR count). The molecular weight excluding hydrogens is 168 g/mol. The largest absolute Gasteiger partial charge is 0.481 e. The molecule has 0 saturated carbocycles. The lowest BCUT2D eigenvalue weighted by Crippen LogP contribution is -2.17. The van der Waals surface area contributed by atoms with Gasteiger partial charge in [0, 0.05) is 0 Å². The van der Waals surface area contributed by atoms with Gasteiger partial charge in [0.05, 0.1) is 12.7 Å². The van der Waals surface area contributed by atoms with Crippen LogP contribution in [-0.4, -0.2) is 19.2 Å². The fraction of sp³-hybridized carbons (Fsp3) is 0.333. The lowest BCUT2D eigenvalue weighted by atomic mass is 10.1. The average molecular weight is 182 g/mol. The molecule has 4 heteroatoms. The number of ether oxygens (including phenoxy) is 1. The fourth-order valence-corrected chi connectivity index (χ4v) is 0.675. The highest BCUT2D eigenvalue weighted by atomic mass is 16.5. The smallest absolute Gasteiger partial charge is 0.207 e. The number of aliphatic imine (C=N–C) groups is 1. The molecule has 0 amide bonds. The van der Waals surface area contributed by atoms with Crippen LogP contribution in [0.1, 0.15) is 13.8 Å². The first-order valence-corrected chi connectivity index (χ1v) is 3.73. The average Bonchev–Trinajstić information content (AvgIpc) is 2.04. The third-order valence-corrected chi connectivity index (χ3v) is 1.41. The summed E-state index contributed by atoms with van der Waals surface area (Å²) in [6.45, 7) is 7.02. The van der Waals surface area contributed by atoms with E-state index in [1.165, 1.54) is 7.11 Å². The lowest BCUT2D eigenvalue weighted by Gasteiger charge is -2.02. The van der Waals surface area contributed by atoms with Gasteiger partial charge in [-0.15, -0.1) is 0 Å². The van der Waals surface area contributed by atoms with Crippen molar-refractivity contribution < 1.29 is 9.53 Å². The maximum atomic E-state index is 10.6. The molecule has 0 aliphatic rings. The van der Waals surface area contributed by atoms with Crippen molar-refractivity contribution in [3.63, 3.8) is 0 Å². The Morgan fingerprint density at radius 2 is 2.08 bits per heavy atom. The van der Waals surface area contributed by atoms with Crippen LogP contribution in [0, 0.1) is 0 Å². The third kappa shape index (κ3) is 3.55. The molecule has 2 N–H and O–H groups in total. The zero-order chi connectivity index (χ0) is 10.4. The van der Waals surface area contributed by atoms with Gasteiger partial charge in [0.25, 0.3) is 0 Å². The Labute approximate surface area is 77.8 Å². The maximum Gasteiger partial charge on any atom is 0.207 e. The molecule has 4 nitrogen and oxygen atoms in total. The molecular formula is C9H14N2O2. The summed E-state index contributed by atoms with van der Waals surface area (Å²) in [6, 6.07) is 0. The Hall–Kier alpha value is -1.58. The summed E-state index contributed by atoms with van der Waals surface area (Å²) in [6.07, 6.45) is 0.664. The van der Waals surface area contributed by atoms with E-state index in [0.717, 1.165) is 5.57 Å². The van der Waals surface area contributed by atoms with E-state index in [-0.39, 0.29) is 11.7 Å². The van der Waals surface area contributed by atoms with Crippen LogP contribution in [0.15, 0.2) is 28.6 Å². The van der Waals surface area contributed by atoms with Crippen molar-refractivity contribution in [2.75, 3.05) is 7.11 Å². The Morgan fingerprint density at radius 3 is 2.38 bits per heavy atom. The molecule has 0 radical (unpaired) electrons. The number of nitrogens with zero attached hydrogens (tertiary/aromatic N) is 1. The van der Waals surface area contributed by atoms with E-state index < -0.39 is 0 Å². The summed E-state index contributed by atoms with van der Waals surface area (Å²) in [7, 11) is 1.43. The molecule has 0 aromatic rings. The van der Waals surface area contributed by atoms with Gasteiger partial charge in [-0.25, -0.2) is 0 Å². The Kier molecular flexibility index (Phi) is 4.51. The van der Waals surface area contributed by atoms with Gasteiger partial charge in [-0.3, -0.25) is 4.79 Å². The molecule has 0 bridgehead atoms. The summed E-state index contributed by atoms with van der Waals surface area (Å²) >= 11 is 0. The Bertz CT molecular complexity index is 273. The number of methoxy groups -OCH3 is 1. The molecule has 0 atom stereocenters. The molecule has 13 heavy (non-hydrogen) atoms. The van der Waals surface area contributed by atoms with Crippen molar-refractivity contribution in [1.29, 1.82) is 0 Å². The standard InChI is InChI=1S/C9H14N2O2/c1-6(2)8(5-12)9(10)11-7(3)13-4/h5H,3H2,1-2,4H3,(H2,10,11). The predicted molar refractivity (Wildman–Crippen MR) is 52.2 cm³/mol. The molecule has 0 spiro atoms. The van der Waals surface area contributed by atoms with Crippen molar-refractivity contribution in [3.8, 4) is 0 Å². The summed E-state index contributed by atoms with van der Waals surface area (Å²) < 4.78 is 4.69. The van der Waals surface area contributed by atoms with E-state index in [4.69, 9.17) is 10.5 Å². The molecule has 0 aliphatic heterocycles. The van der Waals surface area contributed by atoms with E-state index in [2.05, 4.69) is 11.6 Å². The van der Waals surface area contributed by atoms with Crippen LogP contribution < -0.4 is 5.73 Å². The predicted octanol–water partition coefficient (Wildman–Crippen LogP) is 0.997. The normalized spacial score (nSPS) is 10.5. The third-order valence-electron chi connectivity index (χ3n) is 1.41. The van der Waals surface area contributed by atoms with Gasteiger partial charge in [0.15, 0.2) is 6.29 Å². The highest BCUT2D eigenvalue weighted by Gasteiger charge is 2.03. The topological polar surface area (TPSA) is 64.7 Å². The molecule has 0 saturated heterocycles. The summed E-state index contributed by atoms with van der Waals surface area (Å²) in [5.74, 6) is 0.306. The first-order chi connectivity index (χ1) is 6.02. The van der Waals surface area contributed by atoms with Gasteiger partial charge >= 0.3 is 0 Å². The highest BCUT2D eigenvalue weighted by molar-refractivity contribution is 6.13. The number of hydrogen-bond donors (Lipinski definition) is 1. The number of rotatable bonds is 4. The lowest BCUT2D eigenvalue weighted by molar-refractivity contribution is -0.104. The van der Waals surface area contributed by atoms with Crippen LogP contribution >= 0.6 is 0 Å². The number of allylic oxidation sites excluding steroid dienone is 1. The molecule has 0 unspecified atom stereocenters. The second kappa shape index (κ2) is 5.13. The highest BCUT2D eigenvalue weighted by Crippen LogP contribution is 2.02. The minimum Gasteiger partial charge on any atom is -0.481 e. The minimum atomic E-state index is 0.127. The molecule has 0 fully saturated rings. The Morgan fingerprint density at radius 1 is 1.54 bits per heavy atom. The van der Waals surface area contributed by atoms with E-state index in [1.54, 1.807) is 13.8 Å². The van der Waals surface area contributed by atoms with Crippen LogP contribution in [0.4, 0.5) is 0 Å². The SMILES string of the molecule is C=C(/N=C(/N)C(C=O)=C(C)C)OC. The van der Waals surface area contributed by atoms with E-state index in [1.807, 2.05) is 0 Å². The van der Waals surface area contributed by atoms with E-state index in [0.29, 0.717) is 11.9 Å². The van der Waals surface area contributed by atoms with Crippen LogP contribution in [-0.2, 0) is 9.53 Å². The van der Waals surface area contributed by atoms with Crippen molar-refractivity contribution in [1.82, 2.24) is 0 Å². The first kappa shape index (κ1) is 11.4. The van der Waals surface area contributed by atoms with Gasteiger partial charge in [-0.2, -0.15) is 4.99 Å². The van der Waals surface area contributed by atoms with E-state index >= 15 is 0 Å². The monoisotopic (exact) mass is 182 g/mol. The van der Waals surface area contributed by atoms with Crippen molar-refractivity contribution >= 4 is 12.1 Å². The molecule has 0 heterocycles. The van der Waals surface area contributed by atoms with Crippen molar-refractivity contribution in [2.24, 2.45) is 10.7 Å². The number of hydrogen-bond acceptors (Lipinski definition) is 3. The maximum absolute atomic E-state index is 10.6. The molecule has 0 aliphatic carbocycles. The summed E-state index contributed by atoms with van der Waals surface area (Å²) in [4.78, 5) is 14.3. The molecule has 0 aromatic heterocycles. The molecule has 0 aromatic carbocycles. The minimum absolute atomic E-state index is 0.127. The number of carbonyl (C=O) groups is 1. The van der Waals surface area contributed by atoms with Gasteiger partial charge in [0.1, 0.15) is 5.84 Å². The van der Waals surface area contributed by atoms with Crippen molar-refractivity contribution in [3.05, 3.63) is 23.6 Å². The van der Waals surface area contributed by atoms with Crippen molar-refractivity contribution in [2.45, 2.75) is 13.8 Å². The van der Waals surface area contributed by atoms with Gasteiger partial charge in [-0.05, 0) is 20.4 Å². The van der Waals surface area contributed by atoms with Gasteiger partial charge in [-0.1, -0.05) is 5.57 Å². The number of nitrogens with two attached hydrogens (primary N) is 1. The number of carbonyl (C=O) groups excluding carboxylic acids is 1. The number of amidine groups is 1. The first-order valence-electron chi connectivity index (χ1n) is 3.73. The van der Waals surface area contributed by atoms with Crippen LogP contribution in [0.2, 0.25) is 0 Å². The zero-order valence-electron chi connectivity index (χ0n) is 8.13. The second-order valence-electron chi connectivity index (χ2n) is 2.63. The van der Waals surface area contributed by atoms with E-state index in [9.17, 15) is 4.79 Å². The van der Waals surface area contributed by atoms with Crippen LogP contribution in [0.5, 0.6) is 0 Å². The summed E-state index contributed by atoms with van der Waals surface area (Å²) in [5, 5.41) is 0. The van der Waals surface area contributed by atoms with Gasteiger partial charge < -0.3 is 10.5 Å². The second-order valence-corrected chi connectivity index (χ2v) is 2.63. The van der Waals surface area contributed by atoms with Crippen LogP contribution in [0.25, 0.3) is 0 Å². The summed E-state index contributed by atoms with van der Waals surface area (Å²) in [5.41, 5.74) is 6.70. The zero-order valence-corrected chi connectivity index (χ0v) is 8.13. The quantitative estimate of drug-likeness (QED) is 0.232. The van der Waals surface area contributed by atoms with Gasteiger partial charge in [0.2, 0.25) is 5.88 Å². The van der Waals surface area contributed by atoms with Crippen LogP contribution in [0.3, 0.4) is 0 Å².